The largest absolute Gasteiger partial charge is 0.382 e. The fraction of sp³-hybridized carbons (Fsp3) is 0.231. The number of rotatable bonds is 8. The Morgan fingerprint density at radius 2 is 1.83 bits per heavy atom. The Hall–Kier alpha value is -4.09. The second-order valence-corrected chi connectivity index (χ2v) is 8.68. The lowest BCUT2D eigenvalue weighted by atomic mass is 10.1. The van der Waals surface area contributed by atoms with Gasteiger partial charge in [0.25, 0.3) is 5.91 Å². The summed E-state index contributed by atoms with van der Waals surface area (Å²) in [6.45, 7) is 4.67. The Balaban J connectivity index is 1.38. The van der Waals surface area contributed by atoms with Crippen LogP contribution in [-0.2, 0) is 13.0 Å². The van der Waals surface area contributed by atoms with Gasteiger partial charge in [0.15, 0.2) is 0 Å². The number of anilines is 1. The predicted molar refractivity (Wildman–Crippen MR) is 136 cm³/mol. The van der Waals surface area contributed by atoms with E-state index in [0.717, 1.165) is 11.3 Å². The van der Waals surface area contributed by atoms with Crippen molar-refractivity contribution < 1.29 is 4.79 Å². The number of nitrogens with zero attached hydrogens (tertiary/aromatic N) is 5. The van der Waals surface area contributed by atoms with E-state index in [0.29, 0.717) is 59.4 Å². The number of nitriles is 1. The van der Waals surface area contributed by atoms with Gasteiger partial charge in [-0.15, -0.1) is 0 Å². The molecule has 0 fully saturated rings. The number of amides is 1. The molecule has 0 unspecified atom stereocenters. The SMILES string of the molecule is Cc1ccc(Cn2nc(C)c(C(=O)NCCCc3nn(-c4ccccc4)c(N)c3C#N)c2Cl)cc1. The molecule has 2 heterocycles. The van der Waals surface area contributed by atoms with E-state index in [9.17, 15) is 10.1 Å². The van der Waals surface area contributed by atoms with Crippen molar-refractivity contribution in [3.05, 3.63) is 93.4 Å². The standard InChI is InChI=1S/C26H26ClN7O/c1-17-10-12-19(13-11-17)16-33-24(27)23(18(2)31-33)26(35)30-14-6-9-22-21(15-28)25(29)34(32-22)20-7-4-3-5-8-20/h3-5,7-8,10-13H,6,9,14,16,29H2,1-2H3,(H,30,35). The van der Waals surface area contributed by atoms with E-state index in [1.54, 1.807) is 16.3 Å². The van der Waals surface area contributed by atoms with Gasteiger partial charge in [-0.3, -0.25) is 4.79 Å². The van der Waals surface area contributed by atoms with Gasteiger partial charge in [0.05, 0.1) is 29.2 Å². The number of nitrogens with two attached hydrogens (primary N) is 1. The first-order chi connectivity index (χ1) is 16.9. The van der Waals surface area contributed by atoms with E-state index in [1.165, 1.54) is 5.56 Å². The van der Waals surface area contributed by atoms with Crippen molar-refractivity contribution in [2.75, 3.05) is 12.3 Å². The number of hydrogen-bond donors (Lipinski definition) is 2. The molecule has 0 aliphatic carbocycles. The number of halogens is 1. The molecular formula is C26H26ClN7O. The summed E-state index contributed by atoms with van der Waals surface area (Å²) in [4.78, 5) is 12.8. The lowest BCUT2D eigenvalue weighted by molar-refractivity contribution is 0.0952. The van der Waals surface area contributed by atoms with Crippen LogP contribution in [0.1, 0.15) is 44.9 Å². The molecule has 1 amide bonds. The Morgan fingerprint density at radius 1 is 1.11 bits per heavy atom. The van der Waals surface area contributed by atoms with Crippen LogP contribution in [0.3, 0.4) is 0 Å². The van der Waals surface area contributed by atoms with E-state index in [-0.39, 0.29) is 5.91 Å². The van der Waals surface area contributed by atoms with Crippen molar-refractivity contribution in [2.24, 2.45) is 0 Å². The van der Waals surface area contributed by atoms with Crippen LogP contribution in [0.2, 0.25) is 5.15 Å². The van der Waals surface area contributed by atoms with Crippen molar-refractivity contribution >= 4 is 23.3 Å². The summed E-state index contributed by atoms with van der Waals surface area (Å²) < 4.78 is 3.20. The molecule has 178 valence electrons. The molecule has 0 aliphatic heterocycles. The number of aromatic nitrogens is 4. The minimum absolute atomic E-state index is 0.280. The summed E-state index contributed by atoms with van der Waals surface area (Å²) in [5.41, 5.74) is 11.1. The van der Waals surface area contributed by atoms with Crippen LogP contribution in [0.15, 0.2) is 54.6 Å². The number of aryl methyl sites for hydroxylation is 3. The first-order valence-electron chi connectivity index (χ1n) is 11.3. The molecule has 3 N–H and O–H groups in total. The summed E-state index contributed by atoms with van der Waals surface area (Å²) in [5, 5.41) is 21.7. The van der Waals surface area contributed by atoms with Gasteiger partial charge < -0.3 is 11.1 Å². The van der Waals surface area contributed by atoms with Crippen molar-refractivity contribution in [1.82, 2.24) is 24.9 Å². The number of nitrogen functional groups attached to an aromatic ring is 1. The molecule has 9 heteroatoms. The summed E-state index contributed by atoms with van der Waals surface area (Å²) >= 11 is 6.51. The fourth-order valence-electron chi connectivity index (χ4n) is 3.87. The highest BCUT2D eigenvalue weighted by atomic mass is 35.5. The highest BCUT2D eigenvalue weighted by molar-refractivity contribution is 6.33. The topological polar surface area (TPSA) is 115 Å². The summed E-state index contributed by atoms with van der Waals surface area (Å²) in [6, 6.07) is 19.7. The molecular weight excluding hydrogens is 462 g/mol. The van der Waals surface area contributed by atoms with Crippen molar-refractivity contribution in [1.29, 1.82) is 5.26 Å². The van der Waals surface area contributed by atoms with Gasteiger partial charge in [-0.1, -0.05) is 59.6 Å². The van der Waals surface area contributed by atoms with Crippen molar-refractivity contribution in [2.45, 2.75) is 33.2 Å². The zero-order chi connectivity index (χ0) is 24.9. The van der Waals surface area contributed by atoms with Gasteiger partial charge in [0.2, 0.25) is 0 Å². The van der Waals surface area contributed by atoms with E-state index in [1.807, 2.05) is 61.5 Å². The van der Waals surface area contributed by atoms with Crippen LogP contribution in [-0.4, -0.2) is 32.0 Å². The van der Waals surface area contributed by atoms with E-state index >= 15 is 0 Å². The second kappa shape index (κ2) is 10.5. The lowest BCUT2D eigenvalue weighted by Crippen LogP contribution is -2.25. The average molecular weight is 488 g/mol. The maximum Gasteiger partial charge on any atom is 0.256 e. The summed E-state index contributed by atoms with van der Waals surface area (Å²) in [7, 11) is 0. The third-order valence-corrected chi connectivity index (χ3v) is 6.11. The van der Waals surface area contributed by atoms with Gasteiger partial charge in [0.1, 0.15) is 22.6 Å². The molecule has 35 heavy (non-hydrogen) atoms. The summed E-state index contributed by atoms with van der Waals surface area (Å²) in [6.07, 6.45) is 1.08. The Morgan fingerprint density at radius 3 is 2.51 bits per heavy atom. The lowest BCUT2D eigenvalue weighted by Gasteiger charge is -2.06. The van der Waals surface area contributed by atoms with Crippen LogP contribution in [0, 0.1) is 25.2 Å². The number of carbonyl (C=O) groups is 1. The number of hydrogen-bond acceptors (Lipinski definition) is 5. The first-order valence-corrected chi connectivity index (χ1v) is 11.7. The second-order valence-electron chi connectivity index (χ2n) is 8.32. The average Bonchev–Trinajstić information content (AvgIpc) is 3.33. The number of para-hydroxylation sites is 1. The predicted octanol–water partition coefficient (Wildman–Crippen LogP) is 4.20. The van der Waals surface area contributed by atoms with Crippen LogP contribution in [0.25, 0.3) is 5.69 Å². The van der Waals surface area contributed by atoms with Crippen LogP contribution >= 0.6 is 11.6 Å². The van der Waals surface area contributed by atoms with E-state index < -0.39 is 0 Å². The number of carbonyl (C=O) groups excluding carboxylic acids is 1. The fourth-order valence-corrected chi connectivity index (χ4v) is 4.19. The third-order valence-electron chi connectivity index (χ3n) is 5.73. The van der Waals surface area contributed by atoms with Gasteiger partial charge in [-0.2, -0.15) is 15.5 Å². The Kier molecular flexibility index (Phi) is 7.18. The van der Waals surface area contributed by atoms with Crippen LogP contribution in [0.4, 0.5) is 5.82 Å². The molecule has 0 spiro atoms. The molecule has 8 nitrogen and oxygen atoms in total. The molecule has 4 rings (SSSR count). The van der Waals surface area contributed by atoms with Crippen LogP contribution in [0.5, 0.6) is 0 Å². The van der Waals surface area contributed by atoms with Crippen molar-refractivity contribution in [3.63, 3.8) is 0 Å². The minimum Gasteiger partial charge on any atom is -0.382 e. The van der Waals surface area contributed by atoms with E-state index in [2.05, 4.69) is 21.6 Å². The van der Waals surface area contributed by atoms with Gasteiger partial charge in [0, 0.05) is 6.54 Å². The smallest absolute Gasteiger partial charge is 0.256 e. The van der Waals surface area contributed by atoms with Gasteiger partial charge in [-0.25, -0.2) is 9.36 Å². The Bertz CT molecular complexity index is 1380. The first kappa shape index (κ1) is 24.0. The monoisotopic (exact) mass is 487 g/mol. The highest BCUT2D eigenvalue weighted by Crippen LogP contribution is 2.23. The number of nitrogens with one attached hydrogen (secondary N) is 1. The van der Waals surface area contributed by atoms with Gasteiger partial charge in [-0.05, 0) is 44.4 Å². The van der Waals surface area contributed by atoms with Crippen LogP contribution < -0.4 is 11.1 Å². The zero-order valence-electron chi connectivity index (χ0n) is 19.6. The maximum absolute atomic E-state index is 12.8. The third kappa shape index (κ3) is 5.20. The molecule has 0 radical (unpaired) electrons. The van der Waals surface area contributed by atoms with Crippen molar-refractivity contribution in [3.8, 4) is 11.8 Å². The summed E-state index contributed by atoms with van der Waals surface area (Å²) in [5.74, 6) is 0.0265. The maximum atomic E-state index is 12.8. The quantitative estimate of drug-likeness (QED) is 0.361. The molecule has 0 bridgehead atoms. The molecule has 0 saturated carbocycles. The van der Waals surface area contributed by atoms with Gasteiger partial charge >= 0.3 is 0 Å². The molecule has 2 aromatic heterocycles. The molecule has 2 aromatic carbocycles. The molecule has 0 saturated heterocycles. The number of benzene rings is 2. The highest BCUT2D eigenvalue weighted by Gasteiger charge is 2.21. The zero-order valence-corrected chi connectivity index (χ0v) is 20.4. The Labute approximate surface area is 208 Å². The molecule has 4 aromatic rings. The molecule has 0 aliphatic rings. The molecule has 0 atom stereocenters. The normalized spacial score (nSPS) is 10.8. The van der Waals surface area contributed by atoms with E-state index in [4.69, 9.17) is 17.3 Å². The minimum atomic E-state index is -0.280.